The van der Waals surface area contributed by atoms with Gasteiger partial charge in [-0.25, -0.2) is 9.97 Å². The zero-order valence-electron chi connectivity index (χ0n) is 15.5. The van der Waals surface area contributed by atoms with Crippen LogP contribution in [0.3, 0.4) is 0 Å². The third-order valence-corrected chi connectivity index (χ3v) is 7.30. The molecule has 0 bridgehead atoms. The van der Waals surface area contributed by atoms with Gasteiger partial charge in [-0.3, -0.25) is 13.9 Å². The van der Waals surface area contributed by atoms with E-state index in [9.17, 15) is 19.0 Å². The minimum atomic E-state index is -2.54. The summed E-state index contributed by atoms with van der Waals surface area (Å²) < 4.78 is 19.4. The van der Waals surface area contributed by atoms with Crippen molar-refractivity contribution in [1.82, 2.24) is 15.3 Å². The fourth-order valence-electron chi connectivity index (χ4n) is 3.84. The van der Waals surface area contributed by atoms with Gasteiger partial charge in [-0.15, -0.1) is 0 Å². The molecule has 8 nitrogen and oxygen atoms in total. The van der Waals surface area contributed by atoms with Crippen LogP contribution < -0.4 is 10.6 Å². The molecule has 1 aromatic heterocycles. The van der Waals surface area contributed by atoms with Gasteiger partial charge in [0.05, 0.1) is 17.4 Å². The van der Waals surface area contributed by atoms with Crippen LogP contribution in [0, 0.1) is 0 Å². The number of aliphatic hydroxyl groups is 1. The Bertz CT molecular complexity index is 870. The van der Waals surface area contributed by atoms with Gasteiger partial charge in [0.25, 0.3) is 5.91 Å². The lowest BCUT2D eigenvalue weighted by molar-refractivity contribution is 0.0941. The molecule has 0 radical (unpaired) electrons. The molecular formula is C19H26N4O4S. The minimum Gasteiger partial charge on any atom is -0.393 e. The Morgan fingerprint density at radius 2 is 1.89 bits per heavy atom. The SMILES string of the molecule is O=C(NC1CCS(O)(O)C1)c1ccc2cnc(NC3CCC(O)CC3)nc2c1. The zero-order chi connectivity index (χ0) is 19.7. The molecule has 152 valence electrons. The van der Waals surface area contributed by atoms with E-state index >= 15 is 0 Å². The van der Waals surface area contributed by atoms with Crippen LogP contribution in [-0.4, -0.2) is 59.8 Å². The van der Waals surface area contributed by atoms with Crippen molar-refractivity contribution in [3.05, 3.63) is 30.0 Å². The van der Waals surface area contributed by atoms with Crippen LogP contribution in [0.5, 0.6) is 0 Å². The first-order valence-corrected chi connectivity index (χ1v) is 11.5. The van der Waals surface area contributed by atoms with Crippen molar-refractivity contribution in [3.8, 4) is 0 Å². The number of aliphatic hydroxyl groups excluding tert-OH is 1. The number of carbonyl (C=O) groups excluding carboxylic acids is 1. The molecule has 28 heavy (non-hydrogen) atoms. The van der Waals surface area contributed by atoms with E-state index in [1.54, 1.807) is 18.3 Å². The number of fused-ring (bicyclic) bond motifs is 1. The highest BCUT2D eigenvalue weighted by Crippen LogP contribution is 2.45. The molecule has 2 heterocycles. The van der Waals surface area contributed by atoms with Gasteiger partial charge in [-0.2, -0.15) is 10.6 Å². The van der Waals surface area contributed by atoms with Crippen LogP contribution in [0.2, 0.25) is 0 Å². The summed E-state index contributed by atoms with van der Waals surface area (Å²) >= 11 is 0. The lowest BCUT2D eigenvalue weighted by Gasteiger charge is -2.26. The average Bonchev–Trinajstić information content (AvgIpc) is 3.01. The highest BCUT2D eigenvalue weighted by molar-refractivity contribution is 8.24. The maximum atomic E-state index is 12.5. The highest BCUT2D eigenvalue weighted by Gasteiger charge is 2.29. The van der Waals surface area contributed by atoms with E-state index in [0.717, 1.165) is 31.1 Å². The van der Waals surface area contributed by atoms with E-state index < -0.39 is 10.6 Å². The van der Waals surface area contributed by atoms with Gasteiger partial charge >= 0.3 is 0 Å². The Kier molecular flexibility index (Phi) is 5.42. The van der Waals surface area contributed by atoms with Crippen molar-refractivity contribution >= 4 is 33.3 Å². The third-order valence-electron chi connectivity index (χ3n) is 5.47. The molecule has 2 aliphatic rings. The first kappa shape index (κ1) is 19.4. The summed E-state index contributed by atoms with van der Waals surface area (Å²) in [6.07, 6.45) is 5.42. The molecule has 1 saturated carbocycles. The summed E-state index contributed by atoms with van der Waals surface area (Å²) in [6.45, 7) is 0. The lowest BCUT2D eigenvalue weighted by atomic mass is 9.93. The van der Waals surface area contributed by atoms with Crippen LogP contribution in [0.4, 0.5) is 5.95 Å². The fourth-order valence-corrected chi connectivity index (χ4v) is 5.56. The molecule has 1 aromatic carbocycles. The van der Waals surface area contributed by atoms with Crippen LogP contribution in [0.1, 0.15) is 42.5 Å². The molecule has 5 N–H and O–H groups in total. The van der Waals surface area contributed by atoms with Crippen molar-refractivity contribution in [2.24, 2.45) is 0 Å². The topological polar surface area (TPSA) is 128 Å². The Morgan fingerprint density at radius 3 is 2.61 bits per heavy atom. The number of anilines is 1. The van der Waals surface area contributed by atoms with Crippen LogP contribution in [-0.2, 0) is 0 Å². The summed E-state index contributed by atoms with van der Waals surface area (Å²) in [7, 11) is -2.54. The van der Waals surface area contributed by atoms with E-state index in [1.807, 2.05) is 6.07 Å². The number of hydrogen-bond donors (Lipinski definition) is 5. The predicted molar refractivity (Wildman–Crippen MR) is 110 cm³/mol. The first-order chi connectivity index (χ1) is 13.4. The average molecular weight is 407 g/mol. The van der Waals surface area contributed by atoms with Gasteiger partial charge in [-0.05, 0) is 44.2 Å². The predicted octanol–water partition coefficient (Wildman–Crippen LogP) is 2.60. The Labute approximate surface area is 165 Å². The molecule has 1 unspecified atom stereocenters. The molecular weight excluding hydrogens is 380 g/mol. The standard InChI is InChI=1S/C19H26N4O4S/c24-16-5-3-14(4-6-16)22-19-20-10-13-2-1-12(9-17(13)23-19)18(25)21-15-7-8-28(26,27)11-15/h1-2,9-10,14-16,24,26-27H,3-8,11H2,(H,21,25)(H,20,22,23). The summed E-state index contributed by atoms with van der Waals surface area (Å²) in [5.41, 5.74) is 1.16. The van der Waals surface area contributed by atoms with Crippen molar-refractivity contribution in [1.29, 1.82) is 0 Å². The summed E-state index contributed by atoms with van der Waals surface area (Å²) in [5, 5.41) is 16.7. The number of amides is 1. The Hall–Kier alpha value is -1.94. The van der Waals surface area contributed by atoms with Crippen LogP contribution in [0.25, 0.3) is 10.9 Å². The largest absolute Gasteiger partial charge is 0.393 e. The molecule has 1 saturated heterocycles. The minimum absolute atomic E-state index is 0.208. The number of nitrogens with zero attached hydrogens (tertiary/aromatic N) is 2. The van der Waals surface area contributed by atoms with Crippen molar-refractivity contribution < 1.29 is 19.0 Å². The number of rotatable bonds is 4. The number of benzene rings is 1. The quantitative estimate of drug-likeness (QED) is 0.528. The molecule has 4 rings (SSSR count). The van der Waals surface area contributed by atoms with Crippen molar-refractivity contribution in [3.63, 3.8) is 0 Å². The molecule has 1 atom stereocenters. The van der Waals surface area contributed by atoms with Gasteiger partial charge in [0.15, 0.2) is 0 Å². The fraction of sp³-hybridized carbons (Fsp3) is 0.526. The summed E-state index contributed by atoms with van der Waals surface area (Å²) in [6, 6.07) is 5.30. The van der Waals surface area contributed by atoms with E-state index in [4.69, 9.17) is 0 Å². The third kappa shape index (κ3) is 4.54. The second-order valence-electron chi connectivity index (χ2n) is 7.75. The second-order valence-corrected chi connectivity index (χ2v) is 10.1. The first-order valence-electron chi connectivity index (χ1n) is 9.64. The summed E-state index contributed by atoms with van der Waals surface area (Å²) in [5.74, 6) is 0.851. The van der Waals surface area contributed by atoms with E-state index in [2.05, 4.69) is 20.6 Å². The monoisotopic (exact) mass is 406 g/mol. The van der Waals surface area contributed by atoms with Crippen molar-refractivity contribution in [2.75, 3.05) is 16.8 Å². The van der Waals surface area contributed by atoms with E-state index in [-0.39, 0.29) is 29.8 Å². The highest BCUT2D eigenvalue weighted by atomic mass is 32.3. The van der Waals surface area contributed by atoms with Gasteiger partial charge in [0.1, 0.15) is 0 Å². The van der Waals surface area contributed by atoms with E-state index in [0.29, 0.717) is 29.2 Å². The molecule has 0 spiro atoms. The number of hydrogen-bond acceptors (Lipinski definition) is 7. The van der Waals surface area contributed by atoms with Gasteiger partial charge in [-0.1, -0.05) is 6.07 Å². The Balaban J connectivity index is 1.45. The summed E-state index contributed by atoms with van der Waals surface area (Å²) in [4.78, 5) is 21.4. The normalized spacial score (nSPS) is 28.0. The Morgan fingerprint density at radius 1 is 1.11 bits per heavy atom. The zero-order valence-corrected chi connectivity index (χ0v) is 16.4. The lowest BCUT2D eigenvalue weighted by Crippen LogP contribution is -2.35. The van der Waals surface area contributed by atoms with Gasteiger partial charge < -0.3 is 15.7 Å². The van der Waals surface area contributed by atoms with Gasteiger partial charge in [0, 0.05) is 35.0 Å². The molecule has 9 heteroatoms. The van der Waals surface area contributed by atoms with Crippen LogP contribution in [0.15, 0.2) is 24.4 Å². The van der Waals surface area contributed by atoms with Gasteiger partial charge in [0.2, 0.25) is 5.95 Å². The van der Waals surface area contributed by atoms with Crippen LogP contribution >= 0.6 is 10.6 Å². The number of nitrogens with one attached hydrogen (secondary N) is 2. The number of carbonyl (C=O) groups is 1. The molecule has 2 fully saturated rings. The van der Waals surface area contributed by atoms with E-state index in [1.165, 1.54) is 0 Å². The maximum absolute atomic E-state index is 12.5. The number of aromatic nitrogens is 2. The van der Waals surface area contributed by atoms with Crippen molar-refractivity contribution in [2.45, 2.75) is 50.3 Å². The molecule has 1 aliphatic carbocycles. The molecule has 1 amide bonds. The maximum Gasteiger partial charge on any atom is 0.251 e. The second kappa shape index (κ2) is 7.82. The molecule has 1 aliphatic heterocycles. The smallest absolute Gasteiger partial charge is 0.251 e. The molecule has 2 aromatic rings.